The summed E-state index contributed by atoms with van der Waals surface area (Å²) in [4.78, 5) is 14.9. The average molecular weight is 479 g/mol. The van der Waals surface area contributed by atoms with Gasteiger partial charge in [-0.1, -0.05) is 34.1 Å². The number of hydrogen-bond donors (Lipinski definition) is 0. The van der Waals surface area contributed by atoms with Crippen molar-refractivity contribution in [2.75, 3.05) is 20.1 Å². The predicted molar refractivity (Wildman–Crippen MR) is 118 cm³/mol. The molecule has 1 fully saturated rings. The highest BCUT2D eigenvalue weighted by Crippen LogP contribution is 2.26. The summed E-state index contributed by atoms with van der Waals surface area (Å²) in [6, 6.07) is 13.1. The third-order valence-corrected chi connectivity index (χ3v) is 8.05. The van der Waals surface area contributed by atoms with Crippen molar-refractivity contribution in [3.8, 4) is 0 Å². The molecule has 0 N–H and O–H groups in total. The summed E-state index contributed by atoms with van der Waals surface area (Å²) in [5.74, 6) is -0.0576. The molecule has 0 saturated carbocycles. The minimum absolute atomic E-state index is 0.0798. The van der Waals surface area contributed by atoms with E-state index in [2.05, 4.69) is 15.9 Å². The second kappa shape index (κ2) is 8.98. The molecule has 1 aliphatic heterocycles. The second-order valence-corrected chi connectivity index (χ2v) is 10.6. The van der Waals surface area contributed by atoms with Gasteiger partial charge in [0.25, 0.3) is 0 Å². The molecule has 1 amide bonds. The van der Waals surface area contributed by atoms with Gasteiger partial charge in [0.05, 0.1) is 4.90 Å². The zero-order chi connectivity index (χ0) is 21.2. The van der Waals surface area contributed by atoms with Crippen molar-refractivity contribution in [1.29, 1.82) is 0 Å². The van der Waals surface area contributed by atoms with E-state index < -0.39 is 10.0 Å². The van der Waals surface area contributed by atoms with E-state index in [1.165, 1.54) is 4.31 Å². The lowest BCUT2D eigenvalue weighted by Crippen LogP contribution is -2.43. The fourth-order valence-corrected chi connectivity index (χ4v) is 5.44. The molecule has 0 spiro atoms. The number of sulfonamides is 1. The summed E-state index contributed by atoms with van der Waals surface area (Å²) in [5.41, 5.74) is 3.10. The predicted octanol–water partition coefficient (Wildman–Crippen LogP) is 4.13. The largest absolute Gasteiger partial charge is 0.341 e. The second-order valence-electron chi connectivity index (χ2n) is 7.75. The van der Waals surface area contributed by atoms with E-state index in [1.807, 2.05) is 51.2 Å². The molecular weight excluding hydrogens is 452 g/mol. The lowest BCUT2D eigenvalue weighted by atomic mass is 9.96. The van der Waals surface area contributed by atoms with Crippen LogP contribution in [-0.4, -0.2) is 43.7 Å². The Morgan fingerprint density at radius 1 is 1.07 bits per heavy atom. The highest BCUT2D eigenvalue weighted by molar-refractivity contribution is 9.10. The van der Waals surface area contributed by atoms with Gasteiger partial charge in [0.2, 0.25) is 15.9 Å². The van der Waals surface area contributed by atoms with Crippen LogP contribution in [0.2, 0.25) is 0 Å². The van der Waals surface area contributed by atoms with Crippen molar-refractivity contribution in [2.45, 2.75) is 38.1 Å². The van der Waals surface area contributed by atoms with E-state index in [9.17, 15) is 13.2 Å². The molecule has 2 aromatic carbocycles. The smallest absolute Gasteiger partial charge is 0.243 e. The summed E-state index contributed by atoms with van der Waals surface area (Å²) in [6.07, 6.45) is 1.10. The normalized spacial score (nSPS) is 16.0. The molecule has 0 atom stereocenters. The molecule has 3 rings (SSSR count). The number of carbonyl (C=O) groups excluding carboxylic acids is 1. The Kier molecular flexibility index (Phi) is 6.81. The van der Waals surface area contributed by atoms with E-state index in [-0.39, 0.29) is 11.8 Å². The Morgan fingerprint density at radius 3 is 2.28 bits per heavy atom. The number of nitrogens with zero attached hydrogens (tertiary/aromatic N) is 2. The summed E-state index contributed by atoms with van der Waals surface area (Å²) in [5, 5.41) is 0. The average Bonchev–Trinajstić information content (AvgIpc) is 2.71. The molecule has 1 saturated heterocycles. The molecule has 1 aliphatic rings. The quantitative estimate of drug-likeness (QED) is 0.648. The fourth-order valence-electron chi connectivity index (χ4n) is 3.62. The topological polar surface area (TPSA) is 57.7 Å². The van der Waals surface area contributed by atoms with Gasteiger partial charge in [-0.25, -0.2) is 8.42 Å². The molecule has 7 heteroatoms. The summed E-state index contributed by atoms with van der Waals surface area (Å²) >= 11 is 3.41. The van der Waals surface area contributed by atoms with Gasteiger partial charge < -0.3 is 4.90 Å². The van der Waals surface area contributed by atoms with E-state index in [0.29, 0.717) is 37.4 Å². The van der Waals surface area contributed by atoms with Crippen LogP contribution in [0.1, 0.15) is 29.5 Å². The number of benzene rings is 2. The number of carbonyl (C=O) groups is 1. The lowest BCUT2D eigenvalue weighted by Gasteiger charge is -2.32. The lowest BCUT2D eigenvalue weighted by molar-refractivity contribution is -0.135. The van der Waals surface area contributed by atoms with E-state index in [4.69, 9.17) is 0 Å². The Balaban J connectivity index is 1.61. The van der Waals surface area contributed by atoms with Crippen molar-refractivity contribution < 1.29 is 13.2 Å². The minimum Gasteiger partial charge on any atom is -0.341 e. The number of aryl methyl sites for hydroxylation is 2. The highest BCUT2D eigenvalue weighted by atomic mass is 79.9. The number of piperidine rings is 1. The monoisotopic (exact) mass is 478 g/mol. The molecular formula is C22H27BrN2O3S. The maximum atomic E-state index is 13.0. The summed E-state index contributed by atoms with van der Waals surface area (Å²) < 4.78 is 28.4. The van der Waals surface area contributed by atoms with Crippen LogP contribution in [0.5, 0.6) is 0 Å². The molecule has 156 valence electrons. The fraction of sp³-hybridized carbons (Fsp3) is 0.409. The SMILES string of the molecule is Cc1ccc(S(=O)(=O)N2CCC(C(=O)N(C)Cc3ccc(Br)cc3)CC2)cc1C. The first kappa shape index (κ1) is 22.0. The van der Waals surface area contributed by atoms with Crippen LogP contribution >= 0.6 is 15.9 Å². The van der Waals surface area contributed by atoms with Crippen molar-refractivity contribution in [2.24, 2.45) is 5.92 Å². The molecule has 0 aliphatic carbocycles. The van der Waals surface area contributed by atoms with Crippen molar-refractivity contribution in [3.05, 3.63) is 63.6 Å². The Bertz CT molecular complexity index is 982. The van der Waals surface area contributed by atoms with E-state index in [1.54, 1.807) is 17.0 Å². The molecule has 29 heavy (non-hydrogen) atoms. The van der Waals surface area contributed by atoms with Gasteiger partial charge in [-0.15, -0.1) is 0 Å². The van der Waals surface area contributed by atoms with Crippen molar-refractivity contribution in [3.63, 3.8) is 0 Å². The van der Waals surface area contributed by atoms with Crippen LogP contribution < -0.4 is 0 Å². The van der Waals surface area contributed by atoms with Gasteiger partial charge in [0, 0.05) is 37.1 Å². The third-order valence-electron chi connectivity index (χ3n) is 5.63. The van der Waals surface area contributed by atoms with E-state index >= 15 is 0 Å². The standard InChI is InChI=1S/C22H27BrN2O3S/c1-16-4-9-21(14-17(16)2)29(27,28)25-12-10-19(11-13-25)22(26)24(3)15-18-5-7-20(23)8-6-18/h4-9,14,19H,10-13,15H2,1-3H3. The summed E-state index contributed by atoms with van der Waals surface area (Å²) in [7, 11) is -1.71. The molecule has 0 bridgehead atoms. The number of rotatable bonds is 5. The number of hydrogen-bond acceptors (Lipinski definition) is 3. The first-order chi connectivity index (χ1) is 13.7. The van der Waals surface area contributed by atoms with Gasteiger partial charge in [-0.3, -0.25) is 4.79 Å². The zero-order valence-corrected chi connectivity index (χ0v) is 19.5. The third kappa shape index (κ3) is 5.08. The van der Waals surface area contributed by atoms with Crippen molar-refractivity contribution >= 4 is 31.9 Å². The minimum atomic E-state index is -3.52. The maximum Gasteiger partial charge on any atom is 0.243 e. The van der Waals surface area contributed by atoms with E-state index in [0.717, 1.165) is 21.2 Å². The van der Waals surface area contributed by atoms with Gasteiger partial charge in [-0.2, -0.15) is 4.31 Å². The first-order valence-electron chi connectivity index (χ1n) is 9.75. The molecule has 0 radical (unpaired) electrons. The highest BCUT2D eigenvalue weighted by Gasteiger charge is 2.33. The molecule has 5 nitrogen and oxygen atoms in total. The van der Waals surface area contributed by atoms with Crippen LogP contribution in [-0.2, 0) is 21.4 Å². The van der Waals surface area contributed by atoms with Crippen LogP contribution in [0.4, 0.5) is 0 Å². The molecule has 0 aromatic heterocycles. The van der Waals surface area contributed by atoms with Crippen LogP contribution in [0.15, 0.2) is 51.8 Å². The van der Waals surface area contributed by atoms with Crippen molar-refractivity contribution in [1.82, 2.24) is 9.21 Å². The van der Waals surface area contributed by atoms with Gasteiger partial charge in [-0.05, 0) is 67.6 Å². The Morgan fingerprint density at radius 2 is 1.69 bits per heavy atom. The van der Waals surface area contributed by atoms with Gasteiger partial charge >= 0.3 is 0 Å². The van der Waals surface area contributed by atoms with Gasteiger partial charge in [0.15, 0.2) is 0 Å². The van der Waals surface area contributed by atoms with Crippen LogP contribution in [0, 0.1) is 19.8 Å². The summed E-state index contributed by atoms with van der Waals surface area (Å²) in [6.45, 7) is 5.18. The first-order valence-corrected chi connectivity index (χ1v) is 12.0. The van der Waals surface area contributed by atoms with Gasteiger partial charge in [0.1, 0.15) is 0 Å². The Hall–Kier alpha value is -1.70. The number of halogens is 1. The Labute approximate surface area is 181 Å². The van der Waals surface area contributed by atoms with Crippen LogP contribution in [0.3, 0.4) is 0 Å². The molecule has 1 heterocycles. The number of amides is 1. The molecule has 2 aromatic rings. The molecule has 0 unspecified atom stereocenters. The van der Waals surface area contributed by atoms with Crippen LogP contribution in [0.25, 0.3) is 0 Å². The zero-order valence-electron chi connectivity index (χ0n) is 17.1. The maximum absolute atomic E-state index is 13.0.